The fourth-order valence-electron chi connectivity index (χ4n) is 1.89. The summed E-state index contributed by atoms with van der Waals surface area (Å²) >= 11 is 1.41. The van der Waals surface area contributed by atoms with Gasteiger partial charge in [0, 0.05) is 6.07 Å². The lowest BCUT2D eigenvalue weighted by Crippen LogP contribution is -2.23. The Balaban J connectivity index is 1.97. The van der Waals surface area contributed by atoms with E-state index in [0.717, 1.165) is 21.7 Å². The lowest BCUT2D eigenvalue weighted by molar-refractivity contribution is -0.385. The van der Waals surface area contributed by atoms with Crippen molar-refractivity contribution in [2.45, 2.75) is 6.54 Å². The van der Waals surface area contributed by atoms with Crippen molar-refractivity contribution in [3.05, 3.63) is 61.6 Å². The van der Waals surface area contributed by atoms with E-state index in [-0.39, 0.29) is 23.6 Å². The molecule has 0 saturated carbocycles. The molecule has 0 fully saturated rings. The maximum atomic E-state index is 12.0. The van der Waals surface area contributed by atoms with Crippen molar-refractivity contribution in [3.63, 3.8) is 0 Å². The highest BCUT2D eigenvalue weighted by Crippen LogP contribution is 2.22. The van der Waals surface area contributed by atoms with E-state index in [1.807, 2.05) is 11.4 Å². The number of thiophene rings is 1. The second-order valence-electron chi connectivity index (χ2n) is 4.41. The van der Waals surface area contributed by atoms with Crippen molar-refractivity contribution in [2.75, 3.05) is 0 Å². The molecule has 0 saturated heterocycles. The molecule has 0 aromatic carbocycles. The Morgan fingerprint density at radius 2 is 2.35 bits per heavy atom. The summed E-state index contributed by atoms with van der Waals surface area (Å²) in [6.45, 7) is -0.135. The van der Waals surface area contributed by atoms with Crippen molar-refractivity contribution < 1.29 is 9.45 Å². The number of hydrogen-bond acceptors (Lipinski definition) is 8. The predicted octanol–water partition coefficient (Wildman–Crippen LogP) is 1.79. The quantitative estimate of drug-likeness (QED) is 0.527. The third-order valence-electron chi connectivity index (χ3n) is 2.91. The topological polar surface area (TPSA) is 128 Å². The zero-order valence-electron chi connectivity index (χ0n) is 11.4. The van der Waals surface area contributed by atoms with Gasteiger partial charge in [-0.2, -0.15) is 10.2 Å². The standard InChI is InChI=1S/C13H7N5O4S/c14-5-8-4-9(18(20)21)6-17(13(8)19)7-11-15-12(22-16-11)10-2-1-3-23-10/h1-4,6H,7H2. The molecular formula is C13H7N5O4S. The Hall–Kier alpha value is -3.32. The molecule has 0 spiro atoms. The SMILES string of the molecule is N#Cc1cc([N+](=O)[O-])cn(Cc2noc(-c3cccs3)n2)c1=O. The van der Waals surface area contributed by atoms with E-state index in [2.05, 4.69) is 10.1 Å². The fourth-order valence-corrected chi connectivity index (χ4v) is 2.53. The summed E-state index contributed by atoms with van der Waals surface area (Å²) in [5.41, 5.74) is -1.33. The third kappa shape index (κ3) is 2.85. The van der Waals surface area contributed by atoms with E-state index in [1.54, 1.807) is 12.1 Å². The number of nitrogens with zero attached hydrogens (tertiary/aromatic N) is 5. The number of nitriles is 1. The van der Waals surface area contributed by atoms with Crippen molar-refractivity contribution in [1.29, 1.82) is 5.26 Å². The van der Waals surface area contributed by atoms with Crippen molar-refractivity contribution >= 4 is 17.0 Å². The van der Waals surface area contributed by atoms with Crippen molar-refractivity contribution in [1.82, 2.24) is 14.7 Å². The van der Waals surface area contributed by atoms with Gasteiger partial charge in [0.05, 0.1) is 22.5 Å². The minimum Gasteiger partial charge on any atom is -0.333 e. The average molecular weight is 329 g/mol. The molecular weight excluding hydrogens is 322 g/mol. The van der Waals surface area contributed by atoms with E-state index in [4.69, 9.17) is 9.78 Å². The van der Waals surface area contributed by atoms with E-state index >= 15 is 0 Å². The summed E-state index contributed by atoms with van der Waals surface area (Å²) < 4.78 is 6.10. The molecule has 0 atom stereocenters. The lowest BCUT2D eigenvalue weighted by Gasteiger charge is -2.02. The summed E-state index contributed by atoms with van der Waals surface area (Å²) in [4.78, 5) is 27.2. The first-order valence-electron chi connectivity index (χ1n) is 6.24. The summed E-state index contributed by atoms with van der Waals surface area (Å²) in [6, 6.07) is 6.21. The molecule has 0 amide bonds. The zero-order valence-corrected chi connectivity index (χ0v) is 12.2. The second-order valence-corrected chi connectivity index (χ2v) is 5.35. The van der Waals surface area contributed by atoms with Crippen LogP contribution in [0.3, 0.4) is 0 Å². The van der Waals surface area contributed by atoms with Gasteiger partial charge < -0.3 is 4.52 Å². The first-order valence-corrected chi connectivity index (χ1v) is 7.12. The summed E-state index contributed by atoms with van der Waals surface area (Å²) in [5, 5.41) is 25.4. The smallest absolute Gasteiger partial charge is 0.287 e. The minimum atomic E-state index is -0.677. The lowest BCUT2D eigenvalue weighted by atomic mass is 10.2. The van der Waals surface area contributed by atoms with Crippen LogP contribution in [-0.4, -0.2) is 19.6 Å². The highest BCUT2D eigenvalue weighted by Gasteiger charge is 2.16. The van der Waals surface area contributed by atoms with Gasteiger partial charge in [-0.3, -0.25) is 19.5 Å². The first kappa shape index (κ1) is 14.6. The predicted molar refractivity (Wildman–Crippen MR) is 78.8 cm³/mol. The van der Waals surface area contributed by atoms with Crippen LogP contribution in [0.15, 0.2) is 39.1 Å². The third-order valence-corrected chi connectivity index (χ3v) is 3.77. The van der Waals surface area contributed by atoms with Crippen LogP contribution in [-0.2, 0) is 6.54 Å². The van der Waals surface area contributed by atoms with Gasteiger partial charge in [0.2, 0.25) is 0 Å². The largest absolute Gasteiger partial charge is 0.333 e. The average Bonchev–Trinajstić information content (AvgIpc) is 3.20. The molecule has 0 aliphatic carbocycles. The van der Waals surface area contributed by atoms with Crippen LogP contribution in [0, 0.1) is 21.4 Å². The molecule has 0 bridgehead atoms. The molecule has 9 nitrogen and oxygen atoms in total. The molecule has 0 N–H and O–H groups in total. The van der Waals surface area contributed by atoms with Gasteiger partial charge in [-0.1, -0.05) is 11.2 Å². The Kier molecular flexibility index (Phi) is 3.70. The van der Waals surface area contributed by atoms with Gasteiger partial charge in [-0.05, 0) is 11.4 Å². The van der Waals surface area contributed by atoms with E-state index in [9.17, 15) is 14.9 Å². The van der Waals surface area contributed by atoms with Crippen LogP contribution in [0.25, 0.3) is 10.8 Å². The molecule has 0 unspecified atom stereocenters. The van der Waals surface area contributed by atoms with Crippen LogP contribution in [0.5, 0.6) is 0 Å². The maximum absolute atomic E-state index is 12.0. The van der Waals surface area contributed by atoms with Gasteiger partial charge in [0.25, 0.3) is 17.1 Å². The minimum absolute atomic E-state index is 0.135. The van der Waals surface area contributed by atoms with E-state index in [1.165, 1.54) is 11.3 Å². The zero-order chi connectivity index (χ0) is 16.4. The second kappa shape index (κ2) is 5.82. The Bertz CT molecular complexity index is 967. The number of pyridine rings is 1. The fraction of sp³-hybridized carbons (Fsp3) is 0.0769. The molecule has 23 heavy (non-hydrogen) atoms. The summed E-state index contributed by atoms with van der Waals surface area (Å²) in [7, 11) is 0. The van der Waals surface area contributed by atoms with Crippen LogP contribution in [0.1, 0.15) is 11.4 Å². The number of aromatic nitrogens is 3. The van der Waals surface area contributed by atoms with Crippen LogP contribution in [0.2, 0.25) is 0 Å². The highest BCUT2D eigenvalue weighted by atomic mass is 32.1. The van der Waals surface area contributed by atoms with Crippen LogP contribution in [0.4, 0.5) is 5.69 Å². The first-order chi connectivity index (χ1) is 11.1. The molecule has 0 aliphatic heterocycles. The molecule has 3 aromatic heterocycles. The summed E-state index contributed by atoms with van der Waals surface area (Å²) in [6.07, 6.45) is 1.05. The molecule has 114 valence electrons. The molecule has 0 radical (unpaired) electrons. The summed E-state index contributed by atoms with van der Waals surface area (Å²) in [5.74, 6) is 0.480. The van der Waals surface area contributed by atoms with Gasteiger partial charge in [-0.25, -0.2) is 0 Å². The molecule has 3 aromatic rings. The molecule has 3 heterocycles. The van der Waals surface area contributed by atoms with Crippen molar-refractivity contribution in [2.24, 2.45) is 0 Å². The Labute approximate surface area is 132 Å². The molecule has 3 rings (SSSR count). The van der Waals surface area contributed by atoms with Crippen molar-refractivity contribution in [3.8, 4) is 16.8 Å². The highest BCUT2D eigenvalue weighted by molar-refractivity contribution is 7.13. The normalized spacial score (nSPS) is 10.4. The Morgan fingerprint density at radius 3 is 3.00 bits per heavy atom. The van der Waals surface area contributed by atoms with Gasteiger partial charge in [-0.15, -0.1) is 11.3 Å². The van der Waals surface area contributed by atoms with E-state index < -0.39 is 10.5 Å². The van der Waals surface area contributed by atoms with Gasteiger partial charge in [0.1, 0.15) is 11.6 Å². The van der Waals surface area contributed by atoms with Gasteiger partial charge in [0.15, 0.2) is 5.82 Å². The number of hydrogen-bond donors (Lipinski definition) is 0. The number of nitro groups is 1. The monoisotopic (exact) mass is 329 g/mol. The molecule has 10 heteroatoms. The van der Waals surface area contributed by atoms with E-state index in [0.29, 0.717) is 5.89 Å². The maximum Gasteiger partial charge on any atom is 0.287 e. The number of rotatable bonds is 4. The Morgan fingerprint density at radius 1 is 1.52 bits per heavy atom. The molecule has 0 aliphatic rings. The van der Waals surface area contributed by atoms with Gasteiger partial charge >= 0.3 is 0 Å². The van der Waals surface area contributed by atoms with Crippen LogP contribution < -0.4 is 5.56 Å². The van der Waals surface area contributed by atoms with Crippen LogP contribution >= 0.6 is 11.3 Å².